The summed E-state index contributed by atoms with van der Waals surface area (Å²) >= 11 is 0. The molecule has 176 valence electrons. The maximum absolute atomic E-state index is 15.3. The Labute approximate surface area is 199 Å². The van der Waals surface area contributed by atoms with Gasteiger partial charge in [-0.3, -0.25) is 0 Å². The van der Waals surface area contributed by atoms with Gasteiger partial charge in [0.15, 0.2) is 0 Å². The topological polar surface area (TPSA) is 52.9 Å². The third kappa shape index (κ3) is 4.16. The van der Waals surface area contributed by atoms with Gasteiger partial charge in [-0.25, -0.2) is 4.39 Å². The van der Waals surface area contributed by atoms with Crippen LogP contribution in [-0.2, 0) is 6.42 Å². The van der Waals surface area contributed by atoms with Crippen molar-refractivity contribution < 1.29 is 19.3 Å². The molecule has 0 radical (unpaired) electrons. The summed E-state index contributed by atoms with van der Waals surface area (Å²) in [6.45, 7) is 7.31. The lowest BCUT2D eigenvalue weighted by molar-refractivity contribution is 0.100. The molecular weight excluding hydrogens is 429 g/mol. The summed E-state index contributed by atoms with van der Waals surface area (Å²) in [5.74, 6) is 1.05. The molecule has 2 aliphatic heterocycles. The Kier molecular flexibility index (Phi) is 6.05. The molecular formula is C29H30FNO3. The molecule has 2 N–H and O–H groups in total. The van der Waals surface area contributed by atoms with Crippen molar-refractivity contribution in [1.82, 2.24) is 4.90 Å². The van der Waals surface area contributed by atoms with Crippen LogP contribution < -0.4 is 4.74 Å². The quantitative estimate of drug-likeness (QED) is 0.462. The highest BCUT2D eigenvalue weighted by Crippen LogP contribution is 2.49. The number of rotatable bonds is 6. The van der Waals surface area contributed by atoms with Crippen molar-refractivity contribution in [2.45, 2.75) is 32.8 Å². The van der Waals surface area contributed by atoms with Crippen molar-refractivity contribution in [3.05, 3.63) is 88.7 Å². The molecule has 1 saturated heterocycles. The Bertz CT molecular complexity index is 1250. The fraction of sp³-hybridized carbons (Fsp3) is 0.310. The number of nitrogens with zero attached hydrogens (tertiary/aromatic N) is 1. The summed E-state index contributed by atoms with van der Waals surface area (Å²) in [6, 6.07) is 17.5. The summed E-state index contributed by atoms with van der Waals surface area (Å²) in [4.78, 5) is 2.41. The van der Waals surface area contributed by atoms with E-state index >= 15 is 4.39 Å². The monoisotopic (exact) mass is 459 g/mol. The first-order chi connectivity index (χ1) is 16.4. The van der Waals surface area contributed by atoms with E-state index in [1.54, 1.807) is 36.4 Å². The molecule has 0 saturated carbocycles. The molecule has 5 heteroatoms. The summed E-state index contributed by atoms with van der Waals surface area (Å²) in [7, 11) is 0. The summed E-state index contributed by atoms with van der Waals surface area (Å²) < 4.78 is 21.6. The van der Waals surface area contributed by atoms with Crippen LogP contribution in [0.25, 0.3) is 11.1 Å². The molecule has 3 aromatic carbocycles. The number of likely N-dealkylation sites (tertiary alicyclic amines) is 1. The summed E-state index contributed by atoms with van der Waals surface area (Å²) in [5.41, 5.74) is 4.60. The largest absolute Gasteiger partial charge is 0.508 e. The lowest BCUT2D eigenvalue weighted by atomic mass is 9.85. The van der Waals surface area contributed by atoms with Crippen LogP contribution in [0.4, 0.5) is 4.39 Å². The number of benzene rings is 3. The first-order valence-electron chi connectivity index (χ1n) is 11.9. The fourth-order valence-electron chi connectivity index (χ4n) is 5.23. The highest BCUT2D eigenvalue weighted by molar-refractivity contribution is 5.96. The summed E-state index contributed by atoms with van der Waals surface area (Å²) in [6.07, 6.45) is 1.26. The highest BCUT2D eigenvalue weighted by atomic mass is 19.1. The van der Waals surface area contributed by atoms with Gasteiger partial charge in [0.2, 0.25) is 0 Å². The number of para-hydroxylation sites is 1. The minimum Gasteiger partial charge on any atom is -0.508 e. The number of hydrogen-bond acceptors (Lipinski definition) is 4. The molecule has 0 spiro atoms. The number of phenolic OH excluding ortho intramolecular Hbond substituents is 2. The Morgan fingerprint density at radius 3 is 2.53 bits per heavy atom. The molecule has 2 aliphatic rings. The number of ether oxygens (including phenoxy) is 1. The van der Waals surface area contributed by atoms with Crippen LogP contribution in [-0.4, -0.2) is 34.7 Å². The first-order valence-corrected chi connectivity index (χ1v) is 11.9. The molecule has 5 rings (SSSR count). The fourth-order valence-corrected chi connectivity index (χ4v) is 5.23. The van der Waals surface area contributed by atoms with Crippen LogP contribution in [0, 0.1) is 11.7 Å². The van der Waals surface area contributed by atoms with Crippen molar-refractivity contribution in [1.29, 1.82) is 0 Å². The van der Waals surface area contributed by atoms with E-state index in [-0.39, 0.29) is 17.3 Å². The number of halogens is 1. The molecule has 1 atom stereocenters. The van der Waals surface area contributed by atoms with Crippen LogP contribution in [0.1, 0.15) is 48.6 Å². The predicted octanol–water partition coefficient (Wildman–Crippen LogP) is 6.19. The second-order valence-corrected chi connectivity index (χ2v) is 9.41. The van der Waals surface area contributed by atoms with Gasteiger partial charge >= 0.3 is 0 Å². The zero-order valence-corrected chi connectivity index (χ0v) is 19.6. The molecule has 0 bridgehead atoms. The predicted molar refractivity (Wildman–Crippen MR) is 132 cm³/mol. The Balaban J connectivity index is 1.50. The van der Waals surface area contributed by atoms with E-state index in [1.165, 1.54) is 0 Å². The molecule has 1 unspecified atom stereocenters. The molecule has 2 heterocycles. The zero-order valence-electron chi connectivity index (χ0n) is 19.6. The van der Waals surface area contributed by atoms with E-state index in [4.69, 9.17) is 4.74 Å². The molecule has 3 aromatic rings. The minimum atomic E-state index is -0.616. The van der Waals surface area contributed by atoms with E-state index < -0.39 is 6.10 Å². The van der Waals surface area contributed by atoms with Crippen LogP contribution in [0.2, 0.25) is 0 Å². The van der Waals surface area contributed by atoms with Crippen molar-refractivity contribution in [2.75, 3.05) is 19.6 Å². The summed E-state index contributed by atoms with van der Waals surface area (Å²) in [5, 5.41) is 20.6. The molecule has 4 nitrogen and oxygen atoms in total. The van der Waals surface area contributed by atoms with Crippen molar-refractivity contribution in [2.24, 2.45) is 5.92 Å². The lowest BCUT2D eigenvalue weighted by Crippen LogP contribution is -2.47. The Morgan fingerprint density at radius 2 is 1.79 bits per heavy atom. The van der Waals surface area contributed by atoms with Crippen LogP contribution in [0.3, 0.4) is 0 Å². The minimum absolute atomic E-state index is 0.107. The average molecular weight is 460 g/mol. The third-order valence-corrected chi connectivity index (χ3v) is 6.94. The van der Waals surface area contributed by atoms with Crippen LogP contribution in [0.5, 0.6) is 17.2 Å². The molecule has 0 amide bonds. The van der Waals surface area contributed by atoms with E-state index in [0.717, 1.165) is 54.7 Å². The standard InChI is InChI=1S/C29H30FNO3/c1-3-12-31-16-19(17-31)13-20-8-9-21(14-25(20)30)29-28(24-6-4-5-7-26(24)33)18(2)23-11-10-22(32)15-27(23)34-29/h4-11,14-15,19,29,32-33H,3,12-13,16-17H2,1-2H3. The molecule has 0 aromatic heterocycles. The number of phenols is 2. The van der Waals surface area contributed by atoms with Crippen molar-refractivity contribution in [3.63, 3.8) is 0 Å². The van der Waals surface area contributed by atoms with Gasteiger partial charge in [0.1, 0.15) is 29.2 Å². The van der Waals surface area contributed by atoms with Crippen LogP contribution in [0.15, 0.2) is 60.7 Å². The van der Waals surface area contributed by atoms with Gasteiger partial charge in [-0.05, 0) is 73.2 Å². The molecule has 34 heavy (non-hydrogen) atoms. The van der Waals surface area contributed by atoms with E-state index in [2.05, 4.69) is 11.8 Å². The maximum atomic E-state index is 15.3. The smallest absolute Gasteiger partial charge is 0.150 e. The van der Waals surface area contributed by atoms with Gasteiger partial charge in [-0.1, -0.05) is 37.3 Å². The van der Waals surface area contributed by atoms with Crippen molar-refractivity contribution in [3.8, 4) is 17.2 Å². The van der Waals surface area contributed by atoms with Gasteiger partial charge in [0.25, 0.3) is 0 Å². The number of hydrogen-bond donors (Lipinski definition) is 2. The number of fused-ring (bicyclic) bond motifs is 1. The van der Waals surface area contributed by atoms with Gasteiger partial charge in [-0.2, -0.15) is 0 Å². The van der Waals surface area contributed by atoms with Gasteiger partial charge in [-0.15, -0.1) is 0 Å². The Morgan fingerprint density at radius 1 is 1.00 bits per heavy atom. The zero-order chi connectivity index (χ0) is 23.8. The Hall–Kier alpha value is -3.31. The van der Waals surface area contributed by atoms with E-state index in [1.807, 2.05) is 31.2 Å². The SMILES string of the molecule is CCCN1CC(Cc2ccc(C3Oc4cc(O)ccc4C(C)=C3c3ccccc3O)cc2F)C1. The second-order valence-electron chi connectivity index (χ2n) is 9.41. The van der Waals surface area contributed by atoms with Crippen molar-refractivity contribution >= 4 is 11.1 Å². The normalized spacial score (nSPS) is 18.4. The van der Waals surface area contributed by atoms with Crippen LogP contribution >= 0.6 is 0 Å². The second kappa shape index (κ2) is 9.15. The molecule has 1 fully saturated rings. The maximum Gasteiger partial charge on any atom is 0.150 e. The number of allylic oxidation sites excluding steroid dienone is 1. The molecule has 0 aliphatic carbocycles. The average Bonchev–Trinajstić information content (AvgIpc) is 2.79. The first kappa shape index (κ1) is 22.5. The number of aromatic hydroxyl groups is 2. The third-order valence-electron chi connectivity index (χ3n) is 6.94. The lowest BCUT2D eigenvalue weighted by Gasteiger charge is -2.39. The van der Waals surface area contributed by atoms with E-state index in [0.29, 0.717) is 22.8 Å². The highest BCUT2D eigenvalue weighted by Gasteiger charge is 2.32. The van der Waals surface area contributed by atoms with E-state index in [9.17, 15) is 10.2 Å². The van der Waals surface area contributed by atoms with Gasteiger partial charge < -0.3 is 19.8 Å². The van der Waals surface area contributed by atoms with Gasteiger partial charge in [0.05, 0.1) is 0 Å². The van der Waals surface area contributed by atoms with Gasteiger partial charge in [0, 0.05) is 35.9 Å².